The van der Waals surface area contributed by atoms with E-state index in [9.17, 15) is 14.9 Å². The number of aromatic nitrogens is 1. The van der Waals surface area contributed by atoms with Crippen molar-refractivity contribution < 1.29 is 9.59 Å². The van der Waals surface area contributed by atoms with Gasteiger partial charge in [0.15, 0.2) is 5.78 Å². The molecule has 2 aromatic rings. The number of ketones is 1. The molecule has 0 spiro atoms. The van der Waals surface area contributed by atoms with Crippen molar-refractivity contribution in [3.8, 4) is 6.07 Å². The second kappa shape index (κ2) is 13.0. The summed E-state index contributed by atoms with van der Waals surface area (Å²) in [5, 5.41) is 13.4. The van der Waals surface area contributed by atoms with Crippen LogP contribution in [0.2, 0.25) is 0 Å². The standard InChI is InChI=1S/C27H36N4O2/c1-2-3-4-5-6-9-14-29-27(33)22(18-28)17-23-19-31(26-13-8-7-12-25(23)26)21-24(32)20-30-15-10-11-16-30/h7-8,12-13,17,19H,2-6,9-11,14-16,20-21H2,1H3,(H,29,33)/b22-17+. The molecule has 0 bridgehead atoms. The zero-order valence-electron chi connectivity index (χ0n) is 19.8. The number of nitrogens with one attached hydrogen (secondary N) is 1. The smallest absolute Gasteiger partial charge is 0.261 e. The number of benzene rings is 1. The minimum atomic E-state index is -0.340. The Labute approximate surface area is 197 Å². The van der Waals surface area contributed by atoms with Crippen molar-refractivity contribution in [1.29, 1.82) is 5.26 Å². The van der Waals surface area contributed by atoms with Gasteiger partial charge in [0.25, 0.3) is 5.91 Å². The van der Waals surface area contributed by atoms with E-state index in [0.717, 1.165) is 55.2 Å². The van der Waals surface area contributed by atoms with E-state index in [0.29, 0.717) is 13.1 Å². The summed E-state index contributed by atoms with van der Waals surface area (Å²) in [4.78, 5) is 27.4. The van der Waals surface area contributed by atoms with Crippen molar-refractivity contribution in [3.63, 3.8) is 0 Å². The third kappa shape index (κ3) is 7.30. The Morgan fingerprint density at radius 2 is 1.79 bits per heavy atom. The van der Waals surface area contributed by atoms with E-state index in [1.165, 1.54) is 25.7 Å². The van der Waals surface area contributed by atoms with E-state index >= 15 is 0 Å². The number of carbonyl (C=O) groups is 2. The molecule has 0 atom stereocenters. The van der Waals surface area contributed by atoms with E-state index in [1.54, 1.807) is 6.08 Å². The van der Waals surface area contributed by atoms with Gasteiger partial charge in [0.1, 0.15) is 11.6 Å². The van der Waals surface area contributed by atoms with Gasteiger partial charge < -0.3 is 9.88 Å². The molecule has 1 aliphatic heterocycles. The first kappa shape index (κ1) is 24.7. The van der Waals surface area contributed by atoms with Gasteiger partial charge in [-0.1, -0.05) is 57.2 Å². The number of likely N-dealkylation sites (tertiary alicyclic amines) is 1. The molecule has 1 fully saturated rings. The number of hydrogen-bond donors (Lipinski definition) is 1. The number of rotatable bonds is 13. The first-order chi connectivity index (χ1) is 16.1. The molecule has 3 rings (SSSR count). The number of amides is 1. The number of fused-ring (bicyclic) bond motifs is 1. The van der Waals surface area contributed by atoms with Crippen LogP contribution in [0.1, 0.15) is 63.9 Å². The lowest BCUT2D eigenvalue weighted by Gasteiger charge is -2.13. The zero-order chi connectivity index (χ0) is 23.5. The molecular formula is C27H36N4O2. The van der Waals surface area contributed by atoms with Crippen molar-refractivity contribution in [1.82, 2.24) is 14.8 Å². The Bertz CT molecular complexity index is 1010. The van der Waals surface area contributed by atoms with Crippen LogP contribution in [0.5, 0.6) is 0 Å². The van der Waals surface area contributed by atoms with Gasteiger partial charge in [0.05, 0.1) is 13.1 Å². The van der Waals surface area contributed by atoms with E-state index in [-0.39, 0.29) is 23.8 Å². The topological polar surface area (TPSA) is 78.1 Å². The van der Waals surface area contributed by atoms with Crippen LogP contribution in [0.3, 0.4) is 0 Å². The van der Waals surface area contributed by atoms with Gasteiger partial charge in [0, 0.05) is 29.2 Å². The van der Waals surface area contributed by atoms with E-state index in [1.807, 2.05) is 41.1 Å². The van der Waals surface area contributed by atoms with Crippen molar-refractivity contribution in [2.75, 3.05) is 26.2 Å². The number of nitrogens with zero attached hydrogens (tertiary/aromatic N) is 3. The summed E-state index contributed by atoms with van der Waals surface area (Å²) in [6.07, 6.45) is 12.7. The maximum absolute atomic E-state index is 12.6. The second-order valence-electron chi connectivity index (χ2n) is 8.94. The van der Waals surface area contributed by atoms with Crippen molar-refractivity contribution in [2.24, 2.45) is 0 Å². The quantitative estimate of drug-likeness (QED) is 0.274. The highest BCUT2D eigenvalue weighted by atomic mass is 16.1. The Hall–Kier alpha value is -2.91. The van der Waals surface area contributed by atoms with Crippen LogP contribution in [0.15, 0.2) is 36.0 Å². The monoisotopic (exact) mass is 448 g/mol. The van der Waals surface area contributed by atoms with Crippen LogP contribution < -0.4 is 5.32 Å². The summed E-state index contributed by atoms with van der Waals surface area (Å²) in [7, 11) is 0. The minimum Gasteiger partial charge on any atom is -0.351 e. The highest BCUT2D eigenvalue weighted by Crippen LogP contribution is 2.24. The van der Waals surface area contributed by atoms with Crippen molar-refractivity contribution >= 4 is 28.7 Å². The summed E-state index contributed by atoms with van der Waals surface area (Å²) in [6.45, 7) is 5.52. The molecule has 6 heteroatoms. The first-order valence-electron chi connectivity index (χ1n) is 12.3. The van der Waals surface area contributed by atoms with Gasteiger partial charge in [-0.2, -0.15) is 5.26 Å². The summed E-state index contributed by atoms with van der Waals surface area (Å²) < 4.78 is 1.93. The summed E-state index contributed by atoms with van der Waals surface area (Å²) in [5.41, 5.74) is 1.81. The number of unbranched alkanes of at least 4 members (excludes halogenated alkanes) is 5. The van der Waals surface area contributed by atoms with Gasteiger partial charge in [-0.05, 0) is 44.5 Å². The Balaban J connectivity index is 1.65. The summed E-state index contributed by atoms with van der Waals surface area (Å²) in [6, 6.07) is 9.86. The fourth-order valence-corrected chi connectivity index (χ4v) is 4.46. The second-order valence-corrected chi connectivity index (χ2v) is 8.94. The largest absolute Gasteiger partial charge is 0.351 e. The van der Waals surface area contributed by atoms with Crippen LogP contribution in [-0.2, 0) is 16.1 Å². The van der Waals surface area contributed by atoms with E-state index in [2.05, 4.69) is 17.1 Å². The Morgan fingerprint density at radius 1 is 1.06 bits per heavy atom. The van der Waals surface area contributed by atoms with E-state index < -0.39 is 0 Å². The molecule has 1 saturated heterocycles. The molecule has 2 heterocycles. The number of Topliss-reactive ketones (excluding diaryl/α,β-unsaturated/α-hetero) is 1. The van der Waals surface area contributed by atoms with Crippen LogP contribution in [0.4, 0.5) is 0 Å². The van der Waals surface area contributed by atoms with Gasteiger partial charge in [0.2, 0.25) is 0 Å². The third-order valence-corrected chi connectivity index (χ3v) is 6.25. The molecule has 1 aliphatic rings. The zero-order valence-corrected chi connectivity index (χ0v) is 19.8. The van der Waals surface area contributed by atoms with Gasteiger partial charge in [-0.25, -0.2) is 0 Å². The maximum Gasteiger partial charge on any atom is 0.261 e. The molecule has 1 amide bonds. The molecular weight excluding hydrogens is 412 g/mol. The molecule has 33 heavy (non-hydrogen) atoms. The van der Waals surface area contributed by atoms with Crippen LogP contribution in [-0.4, -0.2) is 47.3 Å². The number of carbonyl (C=O) groups excluding carboxylic acids is 2. The Kier molecular flexibility index (Phi) is 9.71. The lowest BCUT2D eigenvalue weighted by Crippen LogP contribution is -2.29. The number of nitriles is 1. The molecule has 0 unspecified atom stereocenters. The SMILES string of the molecule is CCCCCCCCNC(=O)/C(C#N)=C/c1cn(CC(=O)CN2CCCC2)c2ccccc12. The van der Waals surface area contributed by atoms with E-state index in [4.69, 9.17) is 0 Å². The van der Waals surface area contributed by atoms with Crippen molar-refractivity contribution in [3.05, 3.63) is 41.6 Å². The summed E-state index contributed by atoms with van der Waals surface area (Å²) in [5.74, 6) is -0.168. The lowest BCUT2D eigenvalue weighted by atomic mass is 10.1. The molecule has 0 aliphatic carbocycles. The molecule has 1 aromatic heterocycles. The fourth-order valence-electron chi connectivity index (χ4n) is 4.46. The predicted molar refractivity (Wildman–Crippen MR) is 133 cm³/mol. The highest BCUT2D eigenvalue weighted by molar-refractivity contribution is 6.04. The van der Waals surface area contributed by atoms with Crippen molar-refractivity contribution in [2.45, 2.75) is 64.8 Å². The highest BCUT2D eigenvalue weighted by Gasteiger charge is 2.17. The third-order valence-electron chi connectivity index (χ3n) is 6.25. The maximum atomic E-state index is 12.6. The molecule has 0 saturated carbocycles. The number of hydrogen-bond acceptors (Lipinski definition) is 4. The minimum absolute atomic E-state index is 0.0901. The fraction of sp³-hybridized carbons (Fsp3) is 0.519. The van der Waals surface area contributed by atoms with Gasteiger partial charge in [-0.3, -0.25) is 14.5 Å². The van der Waals surface area contributed by atoms with Crippen LogP contribution in [0.25, 0.3) is 17.0 Å². The molecule has 1 aromatic carbocycles. The average Bonchev–Trinajstić information content (AvgIpc) is 3.45. The van der Waals surface area contributed by atoms with Crippen LogP contribution >= 0.6 is 0 Å². The van der Waals surface area contributed by atoms with Gasteiger partial charge >= 0.3 is 0 Å². The predicted octanol–water partition coefficient (Wildman–Crippen LogP) is 4.69. The first-order valence-corrected chi connectivity index (χ1v) is 12.3. The van der Waals surface area contributed by atoms with Crippen LogP contribution in [0, 0.1) is 11.3 Å². The molecule has 1 N–H and O–H groups in total. The number of para-hydroxylation sites is 1. The normalized spacial score (nSPS) is 14.5. The average molecular weight is 449 g/mol. The lowest BCUT2D eigenvalue weighted by molar-refractivity contribution is -0.120. The molecule has 0 radical (unpaired) electrons. The molecule has 176 valence electrons. The molecule has 6 nitrogen and oxygen atoms in total. The van der Waals surface area contributed by atoms with Gasteiger partial charge in [-0.15, -0.1) is 0 Å². The summed E-state index contributed by atoms with van der Waals surface area (Å²) >= 11 is 0. The Morgan fingerprint density at radius 3 is 2.55 bits per heavy atom.